The quantitative estimate of drug-likeness (QED) is 0.105. The summed E-state index contributed by atoms with van der Waals surface area (Å²) >= 11 is 1.45. The van der Waals surface area contributed by atoms with Crippen LogP contribution in [0.4, 0.5) is 13.2 Å². The summed E-state index contributed by atoms with van der Waals surface area (Å²) in [5, 5.41) is 0. The molecule has 1 heterocycles. The van der Waals surface area contributed by atoms with Crippen LogP contribution in [0.2, 0.25) is 0 Å². The van der Waals surface area contributed by atoms with Crippen molar-refractivity contribution in [2.24, 2.45) is 17.8 Å². The highest BCUT2D eigenvalue weighted by Gasteiger charge is 2.42. The number of unbranched alkanes of at least 4 members (excludes halogenated alkanes) is 1. The Morgan fingerprint density at radius 1 is 0.980 bits per heavy atom. The molecule has 0 spiro atoms. The summed E-state index contributed by atoms with van der Waals surface area (Å²) in [6.07, 6.45) is 27.9. The molecule has 4 rings (SSSR count). The highest BCUT2D eigenvalue weighted by Crippen LogP contribution is 2.48. The van der Waals surface area contributed by atoms with E-state index in [1.54, 1.807) is 30.4 Å². The fourth-order valence-electron chi connectivity index (χ4n) is 6.52. The predicted octanol–water partition coefficient (Wildman–Crippen LogP) is 12.1. The topological polar surface area (TPSA) is 51.2 Å². The molecule has 0 radical (unpaired) electrons. The maximum atomic E-state index is 14.0. The van der Waals surface area contributed by atoms with Gasteiger partial charge in [0.15, 0.2) is 11.6 Å². The normalized spacial score (nSPS) is 21.4. The molecule has 0 aromatic rings. The van der Waals surface area contributed by atoms with Crippen molar-refractivity contribution < 1.29 is 27.6 Å². The average Bonchev–Trinajstić information content (AvgIpc) is 3.84. The van der Waals surface area contributed by atoms with Crippen LogP contribution in [0.3, 0.4) is 0 Å². The van der Waals surface area contributed by atoms with E-state index in [1.807, 2.05) is 38.2 Å². The Bertz CT molecular complexity index is 1590. The minimum atomic E-state index is -4.45. The number of Topliss-reactive ketones (excluding diaryl/α,β-unsaturated/α-hetero) is 2. The van der Waals surface area contributed by atoms with Gasteiger partial charge in [0.1, 0.15) is 5.78 Å². The van der Waals surface area contributed by atoms with Crippen LogP contribution in [0.5, 0.6) is 0 Å². The fourth-order valence-corrected chi connectivity index (χ4v) is 7.62. The number of halogens is 3. The molecule has 0 N–H and O–H groups in total. The zero-order valence-electron chi connectivity index (χ0n) is 29.7. The summed E-state index contributed by atoms with van der Waals surface area (Å²) in [4.78, 5) is 39.8. The number of allylic oxidation sites excluding steroid dienone is 20. The van der Waals surface area contributed by atoms with Gasteiger partial charge in [-0.05, 0) is 121 Å². The SMILES string of the molecule is CCCC(=O)CCCCC1=CC=CCC(C(=O)CCC[C@H](C)C2=CCC=C(C(=O)/C=C/CC3=CC(C(F)(F)F)=C(C4C[C@H]4C)C=CC=C3)S2)=C1. The molecule has 1 fully saturated rings. The molecule has 268 valence electrons. The molecule has 0 aromatic heterocycles. The Morgan fingerprint density at radius 2 is 1.76 bits per heavy atom. The maximum absolute atomic E-state index is 14.0. The van der Waals surface area contributed by atoms with Crippen LogP contribution in [0.1, 0.15) is 104 Å². The van der Waals surface area contributed by atoms with Gasteiger partial charge in [-0.15, -0.1) is 0 Å². The van der Waals surface area contributed by atoms with Gasteiger partial charge in [0, 0.05) is 19.3 Å². The summed E-state index contributed by atoms with van der Waals surface area (Å²) in [5.41, 5.74) is 2.22. The molecule has 4 aliphatic rings. The van der Waals surface area contributed by atoms with E-state index in [0.717, 1.165) is 61.0 Å². The summed E-state index contributed by atoms with van der Waals surface area (Å²) < 4.78 is 42.1. The number of ketones is 3. The second-order valence-corrected chi connectivity index (χ2v) is 15.0. The van der Waals surface area contributed by atoms with Crippen molar-refractivity contribution in [2.75, 3.05) is 0 Å². The van der Waals surface area contributed by atoms with E-state index in [9.17, 15) is 27.6 Å². The second kappa shape index (κ2) is 19.2. The largest absolute Gasteiger partial charge is 0.416 e. The number of hydrogen-bond acceptors (Lipinski definition) is 4. The van der Waals surface area contributed by atoms with Gasteiger partial charge < -0.3 is 0 Å². The number of rotatable bonds is 18. The lowest BCUT2D eigenvalue weighted by Crippen LogP contribution is -2.14. The molecule has 1 aliphatic heterocycles. The Morgan fingerprint density at radius 3 is 2.50 bits per heavy atom. The first-order valence-electron chi connectivity index (χ1n) is 18.2. The maximum Gasteiger partial charge on any atom is 0.416 e. The van der Waals surface area contributed by atoms with Crippen LogP contribution in [0, 0.1) is 17.8 Å². The molecule has 1 saturated carbocycles. The summed E-state index contributed by atoms with van der Waals surface area (Å²) in [6.45, 7) is 6.12. The predicted molar refractivity (Wildman–Crippen MR) is 200 cm³/mol. The zero-order valence-corrected chi connectivity index (χ0v) is 30.5. The van der Waals surface area contributed by atoms with Crippen molar-refractivity contribution in [2.45, 2.75) is 110 Å². The molecule has 7 heteroatoms. The molecule has 3 aliphatic carbocycles. The van der Waals surface area contributed by atoms with Crippen LogP contribution in [0.25, 0.3) is 0 Å². The Kier molecular flexibility index (Phi) is 15.1. The summed E-state index contributed by atoms with van der Waals surface area (Å²) in [6, 6.07) is 0. The molecule has 0 bridgehead atoms. The third-order valence-electron chi connectivity index (χ3n) is 9.60. The van der Waals surface area contributed by atoms with Crippen LogP contribution in [-0.4, -0.2) is 23.5 Å². The van der Waals surface area contributed by atoms with Gasteiger partial charge in [-0.2, -0.15) is 13.2 Å². The standard InChI is InChI=1S/C43H51F3O3S/c1-4-14-35(47)21-9-6-17-32-16-5-8-20-34(28-32)39(48)23-11-15-30(2)41-25-13-26-42(50-41)40(49)24-12-19-33-18-7-10-22-36(37-27-31(37)3)38(29-33)43(44,45)46/h5,7-8,10,12,16,18,22,24-26,28-31,37H,4,6,9,11,13-15,17,19-21,23,27H2,1-3H3/b10-7?,18-7?,22-10?,24-12+,33-18?,33-29?,36-22?,38-29?,38-36?/t30-,31+,37?/m0/s1. The van der Waals surface area contributed by atoms with Crippen LogP contribution < -0.4 is 0 Å². The van der Waals surface area contributed by atoms with Crippen LogP contribution in [-0.2, 0) is 14.4 Å². The van der Waals surface area contributed by atoms with E-state index in [0.29, 0.717) is 53.9 Å². The number of carbonyl (C=O) groups excluding carboxylic acids is 3. The van der Waals surface area contributed by atoms with Gasteiger partial charge in [0.2, 0.25) is 0 Å². The molecular formula is C43H51F3O3S. The Balaban J connectivity index is 1.24. The Hall–Kier alpha value is -3.45. The first-order valence-corrected chi connectivity index (χ1v) is 19.0. The molecular weight excluding hydrogens is 654 g/mol. The number of alkyl halides is 3. The number of thioether (sulfide) groups is 1. The van der Waals surface area contributed by atoms with E-state index in [1.165, 1.54) is 23.9 Å². The van der Waals surface area contributed by atoms with Crippen LogP contribution in [0.15, 0.2) is 117 Å². The number of carbonyl (C=O) groups is 3. The first-order chi connectivity index (χ1) is 24.0. The molecule has 3 nitrogen and oxygen atoms in total. The van der Waals surface area contributed by atoms with Crippen molar-refractivity contribution in [3.8, 4) is 0 Å². The first kappa shape index (κ1) is 39.3. The minimum absolute atomic E-state index is 0.0680. The van der Waals surface area contributed by atoms with Crippen molar-refractivity contribution in [3.63, 3.8) is 0 Å². The van der Waals surface area contributed by atoms with Crippen molar-refractivity contribution >= 4 is 29.1 Å². The van der Waals surface area contributed by atoms with Gasteiger partial charge in [0.25, 0.3) is 0 Å². The van der Waals surface area contributed by atoms with Gasteiger partial charge in [-0.3, -0.25) is 14.4 Å². The lowest BCUT2D eigenvalue weighted by molar-refractivity contribution is -0.119. The highest BCUT2D eigenvalue weighted by atomic mass is 32.2. The van der Waals surface area contributed by atoms with Crippen molar-refractivity contribution in [1.29, 1.82) is 0 Å². The second-order valence-electron chi connectivity index (χ2n) is 13.9. The minimum Gasteiger partial charge on any atom is -0.300 e. The van der Waals surface area contributed by atoms with Gasteiger partial charge in [0.05, 0.1) is 10.5 Å². The summed E-state index contributed by atoms with van der Waals surface area (Å²) in [7, 11) is 0. The van der Waals surface area contributed by atoms with Crippen LogP contribution >= 0.6 is 11.8 Å². The molecule has 0 amide bonds. The van der Waals surface area contributed by atoms with Gasteiger partial charge in [-0.1, -0.05) is 99.4 Å². The van der Waals surface area contributed by atoms with Crippen molar-refractivity contribution in [1.82, 2.24) is 0 Å². The van der Waals surface area contributed by atoms with E-state index in [2.05, 4.69) is 19.1 Å². The third kappa shape index (κ3) is 12.4. The van der Waals surface area contributed by atoms with E-state index < -0.39 is 11.7 Å². The lowest BCUT2D eigenvalue weighted by atomic mass is 9.96. The van der Waals surface area contributed by atoms with E-state index >= 15 is 0 Å². The zero-order chi connectivity index (χ0) is 36.1. The van der Waals surface area contributed by atoms with Gasteiger partial charge in [-0.25, -0.2) is 0 Å². The summed E-state index contributed by atoms with van der Waals surface area (Å²) in [5.74, 6) is 0.716. The monoisotopic (exact) mass is 704 g/mol. The molecule has 1 unspecified atom stereocenters. The smallest absolute Gasteiger partial charge is 0.300 e. The highest BCUT2D eigenvalue weighted by molar-refractivity contribution is 8.07. The Labute approximate surface area is 300 Å². The third-order valence-corrected chi connectivity index (χ3v) is 11.0. The molecule has 0 aromatic carbocycles. The van der Waals surface area contributed by atoms with E-state index in [4.69, 9.17) is 0 Å². The lowest BCUT2D eigenvalue weighted by Gasteiger charge is -2.19. The molecule has 0 saturated heterocycles. The van der Waals surface area contributed by atoms with Gasteiger partial charge >= 0.3 is 6.18 Å². The average molecular weight is 705 g/mol. The fraction of sp³-hybridized carbons (Fsp3) is 0.465. The molecule has 3 atom stereocenters. The number of hydrogen-bond donors (Lipinski definition) is 0. The molecule has 50 heavy (non-hydrogen) atoms. The van der Waals surface area contributed by atoms with Crippen molar-refractivity contribution in [3.05, 3.63) is 117 Å². The van der Waals surface area contributed by atoms with E-state index in [-0.39, 0.29) is 35.7 Å².